The van der Waals surface area contributed by atoms with Gasteiger partial charge in [0.05, 0.1) is 13.7 Å². The van der Waals surface area contributed by atoms with E-state index in [1.54, 1.807) is 24.3 Å². The van der Waals surface area contributed by atoms with Crippen LogP contribution in [0.25, 0.3) is 0 Å². The lowest BCUT2D eigenvalue weighted by Crippen LogP contribution is -2.20. The molecule has 2 aromatic rings. The Balaban J connectivity index is 2.01. The fourth-order valence-corrected chi connectivity index (χ4v) is 1.87. The van der Waals surface area contributed by atoms with Crippen LogP contribution < -0.4 is 15.2 Å². The van der Waals surface area contributed by atoms with Gasteiger partial charge in [0.2, 0.25) is 0 Å². The monoisotopic (exact) mass is 316 g/mol. The van der Waals surface area contributed by atoms with E-state index in [1.807, 2.05) is 0 Å². The summed E-state index contributed by atoms with van der Waals surface area (Å²) in [5.74, 6) is 1.18. The molecule has 22 heavy (non-hydrogen) atoms. The number of nitrogens with two attached hydrogens (primary N) is 1. The van der Waals surface area contributed by atoms with Crippen LogP contribution in [0.2, 0.25) is 0 Å². The van der Waals surface area contributed by atoms with E-state index in [2.05, 4.69) is 10.3 Å². The molecule has 0 aliphatic heterocycles. The second kappa shape index (κ2) is 6.65. The first-order valence-corrected chi connectivity index (χ1v) is 6.42. The standard InChI is InChI=1S/C13H15F3N4O2/c1-21-9-2-4-10(5-3-9)22-7-6-20-12(13(14,15)16)11(8-17)18-19-20/h2-5H,6-8,17H2,1H3. The summed E-state index contributed by atoms with van der Waals surface area (Å²) < 4.78 is 50.0. The Bertz CT molecular complexity index is 611. The summed E-state index contributed by atoms with van der Waals surface area (Å²) in [7, 11) is 1.54. The van der Waals surface area contributed by atoms with Crippen molar-refractivity contribution >= 4 is 0 Å². The Morgan fingerprint density at radius 3 is 2.36 bits per heavy atom. The van der Waals surface area contributed by atoms with Crippen LogP contribution in [0, 0.1) is 0 Å². The van der Waals surface area contributed by atoms with E-state index >= 15 is 0 Å². The van der Waals surface area contributed by atoms with E-state index in [4.69, 9.17) is 15.2 Å². The second-order valence-corrected chi connectivity index (χ2v) is 4.33. The zero-order valence-electron chi connectivity index (χ0n) is 11.8. The summed E-state index contributed by atoms with van der Waals surface area (Å²) >= 11 is 0. The smallest absolute Gasteiger partial charge is 0.434 e. The van der Waals surface area contributed by atoms with Crippen LogP contribution in [0.3, 0.4) is 0 Å². The van der Waals surface area contributed by atoms with Crippen LogP contribution in [0.15, 0.2) is 24.3 Å². The highest BCUT2D eigenvalue weighted by Crippen LogP contribution is 2.30. The van der Waals surface area contributed by atoms with Gasteiger partial charge in [-0.15, -0.1) is 5.10 Å². The molecule has 0 atom stereocenters. The minimum atomic E-state index is -4.56. The second-order valence-electron chi connectivity index (χ2n) is 4.33. The summed E-state index contributed by atoms with van der Waals surface area (Å²) in [4.78, 5) is 0. The molecule has 0 fully saturated rings. The summed E-state index contributed by atoms with van der Waals surface area (Å²) in [5, 5.41) is 6.92. The summed E-state index contributed by atoms with van der Waals surface area (Å²) in [6, 6.07) is 6.71. The van der Waals surface area contributed by atoms with Crippen LogP contribution in [0.4, 0.5) is 13.2 Å². The normalized spacial score (nSPS) is 11.5. The van der Waals surface area contributed by atoms with Gasteiger partial charge >= 0.3 is 6.18 Å². The Morgan fingerprint density at radius 2 is 1.82 bits per heavy atom. The molecular formula is C13H15F3N4O2. The van der Waals surface area contributed by atoms with Crippen LogP contribution in [-0.2, 0) is 19.3 Å². The average Bonchev–Trinajstić information content (AvgIpc) is 2.91. The van der Waals surface area contributed by atoms with Crippen LogP contribution >= 0.6 is 0 Å². The van der Waals surface area contributed by atoms with Gasteiger partial charge in [0, 0.05) is 6.54 Å². The molecule has 0 saturated carbocycles. The number of aromatic nitrogens is 3. The number of ether oxygens (including phenoxy) is 2. The van der Waals surface area contributed by atoms with Crippen LogP contribution in [-0.4, -0.2) is 28.7 Å². The number of methoxy groups -OCH3 is 1. The van der Waals surface area contributed by atoms with Crippen molar-refractivity contribution < 1.29 is 22.6 Å². The SMILES string of the molecule is COc1ccc(OCCn2nnc(CN)c2C(F)(F)F)cc1. The fourth-order valence-electron chi connectivity index (χ4n) is 1.87. The molecule has 1 heterocycles. The van der Waals surface area contributed by atoms with E-state index in [1.165, 1.54) is 7.11 Å². The van der Waals surface area contributed by atoms with Crippen LogP contribution in [0.1, 0.15) is 11.4 Å². The number of hydrogen-bond acceptors (Lipinski definition) is 5. The van der Waals surface area contributed by atoms with E-state index < -0.39 is 11.9 Å². The van der Waals surface area contributed by atoms with Crippen molar-refractivity contribution in [2.75, 3.05) is 13.7 Å². The number of nitrogens with zero attached hydrogens (tertiary/aromatic N) is 3. The third-order valence-electron chi connectivity index (χ3n) is 2.90. The number of alkyl halides is 3. The molecule has 0 amide bonds. The highest BCUT2D eigenvalue weighted by molar-refractivity contribution is 5.31. The molecule has 1 aromatic carbocycles. The largest absolute Gasteiger partial charge is 0.497 e. The molecule has 1 aromatic heterocycles. The minimum Gasteiger partial charge on any atom is -0.497 e. The van der Waals surface area contributed by atoms with E-state index in [-0.39, 0.29) is 25.4 Å². The molecule has 0 saturated heterocycles. The summed E-state index contributed by atoms with van der Waals surface area (Å²) in [6.07, 6.45) is -4.56. The first kappa shape index (κ1) is 16.1. The van der Waals surface area contributed by atoms with Crippen molar-refractivity contribution in [3.8, 4) is 11.5 Å². The topological polar surface area (TPSA) is 75.2 Å². The average molecular weight is 316 g/mol. The number of hydrogen-bond donors (Lipinski definition) is 1. The number of halogens is 3. The van der Waals surface area contributed by atoms with Gasteiger partial charge in [0.25, 0.3) is 0 Å². The predicted molar refractivity (Wildman–Crippen MR) is 71.4 cm³/mol. The third-order valence-corrected chi connectivity index (χ3v) is 2.90. The molecule has 0 spiro atoms. The van der Waals surface area contributed by atoms with Gasteiger partial charge in [-0.3, -0.25) is 0 Å². The predicted octanol–water partition coefficient (Wildman–Crippen LogP) is 1.84. The van der Waals surface area contributed by atoms with Gasteiger partial charge in [-0.25, -0.2) is 4.68 Å². The van der Waals surface area contributed by atoms with Gasteiger partial charge in [0.1, 0.15) is 23.8 Å². The molecule has 0 radical (unpaired) electrons. The fraction of sp³-hybridized carbons (Fsp3) is 0.385. The van der Waals surface area contributed by atoms with Gasteiger partial charge in [0.15, 0.2) is 5.69 Å². The van der Waals surface area contributed by atoms with Crippen molar-refractivity contribution in [3.63, 3.8) is 0 Å². The first-order chi connectivity index (χ1) is 10.5. The van der Waals surface area contributed by atoms with Gasteiger partial charge in [-0.1, -0.05) is 5.21 Å². The highest BCUT2D eigenvalue weighted by atomic mass is 19.4. The molecule has 0 aliphatic carbocycles. The quantitative estimate of drug-likeness (QED) is 0.880. The maximum atomic E-state index is 13.0. The van der Waals surface area contributed by atoms with E-state index in [9.17, 15) is 13.2 Å². The lowest BCUT2D eigenvalue weighted by molar-refractivity contribution is -0.145. The molecule has 6 nitrogen and oxygen atoms in total. The van der Waals surface area contributed by atoms with Gasteiger partial charge < -0.3 is 15.2 Å². The molecule has 0 bridgehead atoms. The van der Waals surface area contributed by atoms with E-state index in [0.717, 1.165) is 4.68 Å². The summed E-state index contributed by atoms with van der Waals surface area (Å²) in [5.41, 5.74) is 4.03. The molecule has 0 aliphatic rings. The third kappa shape index (κ3) is 3.67. The maximum Gasteiger partial charge on any atom is 0.434 e. The van der Waals surface area contributed by atoms with Crippen molar-refractivity contribution in [2.45, 2.75) is 19.3 Å². The number of rotatable bonds is 6. The van der Waals surface area contributed by atoms with Gasteiger partial charge in [-0.2, -0.15) is 13.2 Å². The van der Waals surface area contributed by atoms with Crippen molar-refractivity contribution in [1.82, 2.24) is 15.0 Å². The maximum absolute atomic E-state index is 13.0. The Labute approximate surface area is 124 Å². The Morgan fingerprint density at radius 1 is 1.18 bits per heavy atom. The van der Waals surface area contributed by atoms with Crippen molar-refractivity contribution in [3.05, 3.63) is 35.7 Å². The number of benzene rings is 1. The summed E-state index contributed by atoms with van der Waals surface area (Å²) in [6.45, 7) is -0.398. The lowest BCUT2D eigenvalue weighted by Gasteiger charge is -2.11. The first-order valence-electron chi connectivity index (χ1n) is 6.42. The molecule has 2 N–H and O–H groups in total. The van der Waals surface area contributed by atoms with Gasteiger partial charge in [-0.05, 0) is 24.3 Å². The minimum absolute atomic E-state index is 0.0166. The molecular weight excluding hydrogens is 301 g/mol. The Hall–Kier alpha value is -2.29. The van der Waals surface area contributed by atoms with Crippen molar-refractivity contribution in [2.24, 2.45) is 5.73 Å². The molecule has 2 rings (SSSR count). The lowest BCUT2D eigenvalue weighted by atomic mass is 10.3. The van der Waals surface area contributed by atoms with Crippen molar-refractivity contribution in [1.29, 1.82) is 0 Å². The zero-order valence-corrected chi connectivity index (χ0v) is 11.8. The molecule has 9 heteroatoms. The molecule has 0 unspecified atom stereocenters. The Kier molecular flexibility index (Phi) is 4.86. The van der Waals surface area contributed by atoms with E-state index in [0.29, 0.717) is 11.5 Å². The molecule has 120 valence electrons. The highest BCUT2D eigenvalue weighted by Gasteiger charge is 2.38. The van der Waals surface area contributed by atoms with Crippen LogP contribution in [0.5, 0.6) is 11.5 Å². The zero-order chi connectivity index (χ0) is 16.2.